The van der Waals surface area contributed by atoms with E-state index in [0.29, 0.717) is 18.7 Å². The molecule has 24 heavy (non-hydrogen) atoms. The molecule has 0 aromatic rings. The summed E-state index contributed by atoms with van der Waals surface area (Å²) in [5.41, 5.74) is 0. The predicted octanol–water partition coefficient (Wildman–Crippen LogP) is 5.29. The van der Waals surface area contributed by atoms with Crippen molar-refractivity contribution < 1.29 is 23.4 Å². The van der Waals surface area contributed by atoms with Gasteiger partial charge in [-0.15, -0.1) is 0 Å². The normalized spacial score (nSPS) is 17.6. The van der Waals surface area contributed by atoms with Crippen LogP contribution in [0.4, 0.5) is 0 Å². The van der Waals surface area contributed by atoms with E-state index in [-0.39, 0.29) is 33.0 Å². The number of rotatable bonds is 13. The minimum absolute atomic E-state index is 0.0391. The zero-order chi connectivity index (χ0) is 17.6. The van der Waals surface area contributed by atoms with Crippen LogP contribution in [0, 0.1) is 0 Å². The van der Waals surface area contributed by atoms with Gasteiger partial charge < -0.3 is 9.47 Å². The average molecular weight is 377 g/mol. The second-order valence-electron chi connectivity index (χ2n) is 6.33. The molecule has 2 atom stereocenters. The maximum absolute atomic E-state index is 12.3. The zero-order valence-corrected chi connectivity index (χ0v) is 16.6. The predicted molar refractivity (Wildman–Crippen MR) is 96.4 cm³/mol. The maximum atomic E-state index is 12.3. The van der Waals surface area contributed by atoms with E-state index in [1.165, 1.54) is 6.42 Å². The van der Waals surface area contributed by atoms with Gasteiger partial charge in [-0.3, -0.25) is 4.57 Å². The lowest BCUT2D eigenvalue weighted by molar-refractivity contribution is -0.156. The molecule has 7 heteroatoms. The Labute approximate surface area is 148 Å². The van der Waals surface area contributed by atoms with E-state index in [2.05, 4.69) is 0 Å². The molecule has 138 valence electrons. The van der Waals surface area contributed by atoms with Gasteiger partial charge in [0.2, 0.25) is 0 Å². The summed E-state index contributed by atoms with van der Waals surface area (Å²) in [5.74, 6) is -0.695. The van der Waals surface area contributed by atoms with Gasteiger partial charge >= 0.3 is 13.8 Å². The van der Waals surface area contributed by atoms with Crippen LogP contribution in [-0.2, 0) is 23.4 Å². The third kappa shape index (κ3) is 9.81. The van der Waals surface area contributed by atoms with E-state index in [0.717, 1.165) is 51.4 Å². The first-order valence-corrected chi connectivity index (χ1v) is 11.7. The lowest BCUT2D eigenvalue weighted by Gasteiger charge is -2.21. The lowest BCUT2D eigenvalue weighted by atomic mass is 9.98. The number of carbonyl (C=O) groups excluding carboxylic acids is 1. The molecule has 1 rings (SSSR count). The molecule has 0 saturated heterocycles. The highest BCUT2D eigenvalue weighted by molar-refractivity contribution is 7.45. The molecule has 0 heterocycles. The minimum atomic E-state index is -1.46. The maximum Gasteiger partial charge on any atom is 0.370 e. The van der Waals surface area contributed by atoms with Crippen LogP contribution >= 0.6 is 16.3 Å². The van der Waals surface area contributed by atoms with E-state index in [1.807, 2.05) is 6.92 Å². The van der Waals surface area contributed by atoms with E-state index in [1.54, 1.807) is 0 Å². The summed E-state index contributed by atoms with van der Waals surface area (Å²) in [6.45, 7) is 1.83. The Kier molecular flexibility index (Phi) is 12.5. The number of esters is 1. The molecule has 0 aliphatic heterocycles. The van der Waals surface area contributed by atoms with E-state index < -0.39 is 7.80 Å². The molecular formula is C17H31O5P2+. The first-order chi connectivity index (χ1) is 11.7. The topological polar surface area (TPSA) is 69.7 Å². The van der Waals surface area contributed by atoms with Crippen molar-refractivity contribution in [2.24, 2.45) is 0 Å². The Morgan fingerprint density at radius 2 is 1.88 bits per heavy atom. The van der Waals surface area contributed by atoms with Crippen molar-refractivity contribution in [1.29, 1.82) is 0 Å². The quantitative estimate of drug-likeness (QED) is 0.248. The Morgan fingerprint density at radius 3 is 2.54 bits per heavy atom. The molecule has 1 saturated carbocycles. The van der Waals surface area contributed by atoms with Crippen LogP contribution in [0.5, 0.6) is 0 Å². The summed E-state index contributed by atoms with van der Waals surface area (Å²) >= 11 is 0. The van der Waals surface area contributed by atoms with Crippen LogP contribution in [0.3, 0.4) is 0 Å². The van der Waals surface area contributed by atoms with Crippen molar-refractivity contribution in [3.8, 4) is 0 Å². The van der Waals surface area contributed by atoms with Crippen LogP contribution in [-0.4, -0.2) is 36.8 Å². The number of ether oxygens (including phenoxy) is 2. The summed E-state index contributed by atoms with van der Waals surface area (Å²) in [4.78, 5) is 11.8. The van der Waals surface area contributed by atoms with Crippen LogP contribution in [0.1, 0.15) is 71.1 Å². The standard InChI is InChI=1S/C17H31O5P2/c1-2-17(24(20)13-9-4-3-8-12-23-19)21-14-16(18)22-15-10-6-5-7-11-15/h15,17H,2-14H2,1H3/q+1. The van der Waals surface area contributed by atoms with Gasteiger partial charge in [0.25, 0.3) is 5.85 Å². The smallest absolute Gasteiger partial charge is 0.370 e. The number of hydrogen-bond donors (Lipinski definition) is 0. The molecule has 5 nitrogen and oxygen atoms in total. The summed E-state index contributed by atoms with van der Waals surface area (Å²) in [6, 6.07) is 0. The molecule has 0 radical (unpaired) electrons. The Morgan fingerprint density at radius 1 is 1.17 bits per heavy atom. The fourth-order valence-electron chi connectivity index (χ4n) is 2.91. The monoisotopic (exact) mass is 377 g/mol. The summed E-state index contributed by atoms with van der Waals surface area (Å²) in [6.07, 6.45) is 11.2. The highest BCUT2D eigenvalue weighted by atomic mass is 31.1. The molecule has 0 aromatic heterocycles. The molecule has 2 unspecified atom stereocenters. The van der Waals surface area contributed by atoms with Gasteiger partial charge in [0, 0.05) is 12.6 Å². The molecule has 1 aliphatic carbocycles. The molecule has 0 N–H and O–H groups in total. The largest absolute Gasteiger partial charge is 0.461 e. The van der Waals surface area contributed by atoms with Gasteiger partial charge in [-0.2, -0.15) is 0 Å². The highest BCUT2D eigenvalue weighted by Gasteiger charge is 2.30. The lowest BCUT2D eigenvalue weighted by Crippen LogP contribution is -2.25. The molecule has 0 spiro atoms. The summed E-state index contributed by atoms with van der Waals surface area (Å²) < 4.78 is 33.6. The molecule has 1 aliphatic rings. The van der Waals surface area contributed by atoms with Crippen LogP contribution < -0.4 is 0 Å². The van der Waals surface area contributed by atoms with Crippen molar-refractivity contribution in [3.05, 3.63) is 0 Å². The molecule has 0 aromatic carbocycles. The van der Waals surface area contributed by atoms with Gasteiger partial charge in [0.15, 0.2) is 8.46 Å². The molecule has 1 fully saturated rings. The number of unbranched alkanes of at least 4 members (excludes halogenated alkanes) is 3. The first kappa shape index (κ1) is 21.7. The minimum Gasteiger partial charge on any atom is -0.461 e. The fourth-order valence-corrected chi connectivity index (χ4v) is 4.74. The Hall–Kier alpha value is -0.370. The molecule has 0 amide bonds. The number of hydrogen-bond acceptors (Lipinski definition) is 5. The van der Waals surface area contributed by atoms with Gasteiger partial charge in [0.05, 0.1) is 0 Å². The first-order valence-electron chi connectivity index (χ1n) is 9.21. The van der Waals surface area contributed by atoms with Crippen LogP contribution in [0.15, 0.2) is 0 Å². The van der Waals surface area contributed by atoms with Crippen molar-refractivity contribution in [3.63, 3.8) is 0 Å². The third-order valence-electron chi connectivity index (χ3n) is 4.29. The SMILES string of the molecule is CCC(OCC(=O)OC1CCCCC1)[P+](=O)CCCCCCP=O. The van der Waals surface area contributed by atoms with Crippen molar-refractivity contribution in [1.82, 2.24) is 0 Å². The second kappa shape index (κ2) is 13.9. The van der Waals surface area contributed by atoms with Crippen molar-refractivity contribution in [2.45, 2.75) is 83.1 Å². The van der Waals surface area contributed by atoms with Crippen molar-refractivity contribution >= 4 is 22.2 Å². The summed E-state index contributed by atoms with van der Waals surface area (Å²) in [5, 5.41) is 0. The summed E-state index contributed by atoms with van der Waals surface area (Å²) in [7, 11) is -1.26. The second-order valence-corrected chi connectivity index (χ2v) is 8.89. The zero-order valence-electron chi connectivity index (χ0n) is 14.8. The van der Waals surface area contributed by atoms with E-state index in [9.17, 15) is 13.9 Å². The Bertz CT molecular complexity index is 383. The molecule has 0 bridgehead atoms. The number of carbonyl (C=O) groups is 1. The van der Waals surface area contributed by atoms with Gasteiger partial charge in [0.1, 0.15) is 18.9 Å². The Balaban J connectivity index is 2.16. The van der Waals surface area contributed by atoms with Gasteiger partial charge in [-0.05, 0) is 44.9 Å². The van der Waals surface area contributed by atoms with Gasteiger partial charge in [-0.1, -0.05) is 24.3 Å². The fraction of sp³-hybridized carbons (Fsp3) is 0.941. The van der Waals surface area contributed by atoms with E-state index >= 15 is 0 Å². The van der Waals surface area contributed by atoms with E-state index in [4.69, 9.17) is 9.47 Å². The van der Waals surface area contributed by atoms with Crippen molar-refractivity contribution in [2.75, 3.05) is 18.9 Å². The highest BCUT2D eigenvalue weighted by Crippen LogP contribution is 2.33. The average Bonchev–Trinajstić information content (AvgIpc) is 2.59. The third-order valence-corrected chi connectivity index (χ3v) is 6.70. The van der Waals surface area contributed by atoms with Crippen LogP contribution in [0.25, 0.3) is 0 Å². The van der Waals surface area contributed by atoms with Gasteiger partial charge in [-0.25, -0.2) is 4.79 Å². The van der Waals surface area contributed by atoms with Crippen LogP contribution in [0.2, 0.25) is 0 Å². The molecular weight excluding hydrogens is 346 g/mol.